The van der Waals surface area contributed by atoms with E-state index in [0.717, 1.165) is 29.7 Å². The number of carboxylic acid groups (broad SMARTS) is 1. The zero-order chi connectivity index (χ0) is 21.6. The van der Waals surface area contributed by atoms with E-state index in [1.165, 1.54) is 31.5 Å². The molecule has 0 spiro atoms. The number of benzene rings is 1. The van der Waals surface area contributed by atoms with E-state index in [1.807, 2.05) is 12.4 Å². The van der Waals surface area contributed by atoms with E-state index in [-0.39, 0.29) is 0 Å². The van der Waals surface area contributed by atoms with Crippen molar-refractivity contribution in [1.29, 1.82) is 0 Å². The number of anilines is 1. The van der Waals surface area contributed by atoms with E-state index in [1.54, 1.807) is 11.8 Å². The summed E-state index contributed by atoms with van der Waals surface area (Å²) >= 11 is 1.77. The molecule has 1 aromatic carbocycles. The Bertz CT molecular complexity index is 830. The van der Waals surface area contributed by atoms with Crippen LogP contribution in [0.4, 0.5) is 19.0 Å². The first-order valence-corrected chi connectivity index (χ1v) is 10.6. The van der Waals surface area contributed by atoms with Gasteiger partial charge in [0.2, 0.25) is 0 Å². The number of piperidine rings is 1. The van der Waals surface area contributed by atoms with Crippen molar-refractivity contribution in [1.82, 2.24) is 14.9 Å². The van der Waals surface area contributed by atoms with Gasteiger partial charge in [0.15, 0.2) is 0 Å². The Hall–Kier alpha value is -2.33. The molecule has 3 saturated heterocycles. The Morgan fingerprint density at radius 2 is 1.77 bits per heavy atom. The number of aliphatic carboxylic acids is 1. The largest absolute Gasteiger partial charge is 0.490 e. The molecule has 162 valence electrons. The molecule has 0 saturated carbocycles. The number of fused-ring (bicyclic) bond motifs is 4. The van der Waals surface area contributed by atoms with E-state index < -0.39 is 12.1 Å². The molecular formula is C20H23F3N4O2S. The topological polar surface area (TPSA) is 69.6 Å². The number of alkyl halides is 3. The quantitative estimate of drug-likeness (QED) is 0.728. The van der Waals surface area contributed by atoms with Gasteiger partial charge in [-0.1, -0.05) is 30.3 Å². The van der Waals surface area contributed by atoms with Gasteiger partial charge in [0.25, 0.3) is 0 Å². The summed E-state index contributed by atoms with van der Waals surface area (Å²) in [4.78, 5) is 23.3. The fourth-order valence-corrected chi connectivity index (χ4v) is 4.27. The lowest BCUT2D eigenvalue weighted by Crippen LogP contribution is -2.38. The highest BCUT2D eigenvalue weighted by Crippen LogP contribution is 2.27. The van der Waals surface area contributed by atoms with E-state index in [0.29, 0.717) is 6.04 Å². The van der Waals surface area contributed by atoms with Crippen LogP contribution in [0.25, 0.3) is 0 Å². The fraction of sp³-hybridized carbons (Fsp3) is 0.450. The van der Waals surface area contributed by atoms with Gasteiger partial charge >= 0.3 is 12.1 Å². The fourth-order valence-electron chi connectivity index (χ4n) is 3.47. The molecule has 6 nitrogen and oxygen atoms in total. The van der Waals surface area contributed by atoms with E-state index in [2.05, 4.69) is 45.1 Å². The monoisotopic (exact) mass is 440 g/mol. The summed E-state index contributed by atoms with van der Waals surface area (Å²) in [6, 6.07) is 11.2. The molecule has 0 radical (unpaired) electrons. The average Bonchev–Trinajstić information content (AvgIpc) is 3.07. The zero-order valence-electron chi connectivity index (χ0n) is 16.3. The van der Waals surface area contributed by atoms with Crippen molar-refractivity contribution in [3.05, 3.63) is 48.3 Å². The lowest BCUT2D eigenvalue weighted by Gasteiger charge is -2.32. The highest BCUT2D eigenvalue weighted by atomic mass is 32.2. The van der Waals surface area contributed by atoms with Crippen molar-refractivity contribution >= 4 is 23.5 Å². The summed E-state index contributed by atoms with van der Waals surface area (Å²) < 4.78 is 31.7. The number of hydrogen-bond donors (Lipinski definition) is 1. The predicted molar refractivity (Wildman–Crippen MR) is 109 cm³/mol. The van der Waals surface area contributed by atoms with Crippen molar-refractivity contribution in [3.63, 3.8) is 0 Å². The normalized spacial score (nSPS) is 20.8. The second kappa shape index (κ2) is 10.1. The summed E-state index contributed by atoms with van der Waals surface area (Å²) in [7, 11) is 0. The van der Waals surface area contributed by atoms with Gasteiger partial charge in [-0.2, -0.15) is 13.2 Å². The summed E-state index contributed by atoms with van der Waals surface area (Å²) in [5.41, 5.74) is 1.32. The second-order valence-electron chi connectivity index (χ2n) is 7.06. The van der Waals surface area contributed by atoms with E-state index >= 15 is 0 Å². The van der Waals surface area contributed by atoms with Crippen LogP contribution in [0.3, 0.4) is 0 Å². The third kappa shape index (κ3) is 6.33. The Labute approximate surface area is 177 Å². The van der Waals surface area contributed by atoms with Gasteiger partial charge in [0.05, 0.1) is 12.4 Å². The third-order valence-corrected chi connectivity index (χ3v) is 5.99. The second-order valence-corrected chi connectivity index (χ2v) is 8.05. The van der Waals surface area contributed by atoms with Crippen molar-refractivity contribution in [2.75, 3.05) is 31.1 Å². The number of hydrogen-bond acceptors (Lipinski definition) is 6. The molecule has 3 aliphatic rings. The van der Waals surface area contributed by atoms with Gasteiger partial charge in [-0.25, -0.2) is 9.78 Å². The van der Waals surface area contributed by atoms with Crippen molar-refractivity contribution in [3.8, 4) is 0 Å². The molecule has 0 aliphatic carbocycles. The van der Waals surface area contributed by atoms with Crippen LogP contribution in [-0.4, -0.2) is 64.3 Å². The maximum absolute atomic E-state index is 10.6. The Kier molecular flexibility index (Phi) is 7.54. The molecule has 30 heavy (non-hydrogen) atoms. The van der Waals surface area contributed by atoms with Crippen LogP contribution in [0.5, 0.6) is 0 Å². The van der Waals surface area contributed by atoms with Gasteiger partial charge < -0.3 is 14.9 Å². The maximum Gasteiger partial charge on any atom is 0.490 e. The van der Waals surface area contributed by atoms with Crippen LogP contribution in [0.2, 0.25) is 0 Å². The molecule has 0 unspecified atom stereocenters. The molecule has 5 rings (SSSR count). The molecule has 10 heteroatoms. The number of nitrogens with zero attached hydrogens (tertiary/aromatic N) is 4. The van der Waals surface area contributed by atoms with Crippen LogP contribution < -0.4 is 4.90 Å². The summed E-state index contributed by atoms with van der Waals surface area (Å²) in [6.45, 7) is 4.69. The van der Waals surface area contributed by atoms with Gasteiger partial charge in [0, 0.05) is 38.0 Å². The Balaban J connectivity index is 0.000000318. The zero-order valence-corrected chi connectivity index (χ0v) is 17.1. The van der Waals surface area contributed by atoms with Crippen LogP contribution in [-0.2, 0) is 10.5 Å². The summed E-state index contributed by atoms with van der Waals surface area (Å²) in [6.07, 6.45) is 1.24. The van der Waals surface area contributed by atoms with Crippen LogP contribution in [0.1, 0.15) is 18.4 Å². The molecule has 4 heterocycles. The molecule has 2 aromatic rings. The SMILES string of the molecule is O=C(O)C(F)(F)F.c1ccc(CSc2cncc(N3CCN4CCC3CC4)n2)cc1. The number of rotatable bonds is 4. The number of carbonyl (C=O) groups is 1. The Morgan fingerprint density at radius 3 is 2.40 bits per heavy atom. The van der Waals surface area contributed by atoms with Crippen molar-refractivity contribution in [2.45, 2.75) is 35.8 Å². The van der Waals surface area contributed by atoms with Crippen LogP contribution in [0, 0.1) is 0 Å². The molecule has 3 fully saturated rings. The molecule has 1 N–H and O–H groups in total. The van der Waals surface area contributed by atoms with Gasteiger partial charge in [-0.15, -0.1) is 11.8 Å². The van der Waals surface area contributed by atoms with Crippen LogP contribution >= 0.6 is 11.8 Å². The lowest BCUT2D eigenvalue weighted by atomic mass is 10.1. The average molecular weight is 440 g/mol. The number of halogens is 3. The highest BCUT2D eigenvalue weighted by Gasteiger charge is 2.38. The third-order valence-electron chi connectivity index (χ3n) is 5.02. The Morgan fingerprint density at radius 1 is 1.10 bits per heavy atom. The number of carboxylic acids is 1. The van der Waals surface area contributed by atoms with Gasteiger partial charge in [-0.3, -0.25) is 4.98 Å². The van der Waals surface area contributed by atoms with Gasteiger partial charge in [0.1, 0.15) is 10.8 Å². The molecule has 2 bridgehead atoms. The maximum atomic E-state index is 10.6. The first kappa shape index (κ1) is 22.4. The standard InChI is InChI=1S/C18H22N4S.C2HF3O2/c1-2-4-15(5-3-1)14-23-18-13-19-12-17(20-18)22-11-10-21-8-6-16(22)7-9-21;3-2(4,5)1(6)7/h1-5,12-13,16H,6-11,14H2;(H,6,7). The molecule has 1 aromatic heterocycles. The van der Waals surface area contributed by atoms with E-state index in [4.69, 9.17) is 14.9 Å². The predicted octanol–water partition coefficient (Wildman–Crippen LogP) is 3.69. The molecule has 0 amide bonds. The first-order valence-electron chi connectivity index (χ1n) is 9.61. The minimum absolute atomic E-state index is 0.637. The van der Waals surface area contributed by atoms with Gasteiger partial charge in [-0.05, 0) is 18.4 Å². The minimum Gasteiger partial charge on any atom is -0.475 e. The highest BCUT2D eigenvalue weighted by molar-refractivity contribution is 7.98. The first-order chi connectivity index (χ1) is 14.3. The molecular weight excluding hydrogens is 417 g/mol. The van der Waals surface area contributed by atoms with Crippen LogP contribution in [0.15, 0.2) is 47.8 Å². The smallest absolute Gasteiger partial charge is 0.475 e. The molecule has 0 atom stereocenters. The summed E-state index contributed by atoms with van der Waals surface area (Å²) in [5.74, 6) is -0.764. The summed E-state index contributed by atoms with van der Waals surface area (Å²) in [5, 5.41) is 8.14. The van der Waals surface area contributed by atoms with Crippen molar-refractivity contribution in [2.24, 2.45) is 0 Å². The minimum atomic E-state index is -5.08. The van der Waals surface area contributed by atoms with Crippen molar-refractivity contribution < 1.29 is 23.1 Å². The molecule has 3 aliphatic heterocycles. The van der Waals surface area contributed by atoms with E-state index in [9.17, 15) is 13.2 Å². The number of thioether (sulfide) groups is 1. The lowest BCUT2D eigenvalue weighted by molar-refractivity contribution is -0.192. The number of aromatic nitrogens is 2.